The van der Waals surface area contributed by atoms with Gasteiger partial charge >= 0.3 is 6.18 Å². The highest BCUT2D eigenvalue weighted by Gasteiger charge is 2.38. The monoisotopic (exact) mass is 508 g/mol. The second kappa shape index (κ2) is 10.8. The summed E-state index contributed by atoms with van der Waals surface area (Å²) < 4.78 is 51.0. The van der Waals surface area contributed by atoms with Crippen molar-refractivity contribution in [1.82, 2.24) is 14.7 Å². The molecule has 1 aromatic carbocycles. The number of rotatable bonds is 8. The standard InChI is InChI=1S/C21H25Cl2F3N4O3/c1-3-32-10-11-33-17-12-15(4-5-16(17)22)28-6-8-29(9-7-28)18(31)13-30-14(2)19(23)20(27-30)21(24,25)26/h4-5,12H,3,6-11,13H2,1-2H3. The molecule has 1 amide bonds. The lowest BCUT2D eigenvalue weighted by Gasteiger charge is -2.36. The molecule has 0 spiro atoms. The number of hydrogen-bond donors (Lipinski definition) is 0. The van der Waals surface area contributed by atoms with E-state index in [2.05, 4.69) is 10.00 Å². The van der Waals surface area contributed by atoms with Crippen LogP contribution in [0.15, 0.2) is 18.2 Å². The van der Waals surface area contributed by atoms with Crippen LogP contribution in [0.4, 0.5) is 18.9 Å². The molecule has 0 atom stereocenters. The Labute approximate surface area is 199 Å². The van der Waals surface area contributed by atoms with Crippen molar-refractivity contribution in [3.05, 3.63) is 39.6 Å². The molecule has 7 nitrogen and oxygen atoms in total. The van der Waals surface area contributed by atoms with Gasteiger partial charge in [0, 0.05) is 44.5 Å². The van der Waals surface area contributed by atoms with Crippen LogP contribution in [0.25, 0.3) is 0 Å². The minimum Gasteiger partial charge on any atom is -0.490 e. The van der Waals surface area contributed by atoms with Crippen molar-refractivity contribution in [2.24, 2.45) is 0 Å². The molecule has 0 unspecified atom stereocenters. The number of halogens is 5. The average molecular weight is 509 g/mol. The fraction of sp³-hybridized carbons (Fsp3) is 0.524. The lowest BCUT2D eigenvalue weighted by atomic mass is 10.2. The van der Waals surface area contributed by atoms with Gasteiger partial charge in [-0.15, -0.1) is 0 Å². The molecule has 1 aliphatic rings. The van der Waals surface area contributed by atoms with Crippen molar-refractivity contribution >= 4 is 34.8 Å². The zero-order valence-corrected chi connectivity index (χ0v) is 19.8. The van der Waals surface area contributed by atoms with Crippen LogP contribution in [-0.4, -0.2) is 66.6 Å². The maximum Gasteiger partial charge on any atom is 0.436 e. The molecule has 1 aliphatic heterocycles. The van der Waals surface area contributed by atoms with Crippen LogP contribution in [0, 0.1) is 6.92 Å². The van der Waals surface area contributed by atoms with Gasteiger partial charge in [0.15, 0.2) is 5.69 Å². The predicted octanol–water partition coefficient (Wildman–Crippen LogP) is 4.28. The Morgan fingerprint density at radius 3 is 2.45 bits per heavy atom. The molecule has 2 aromatic rings. The van der Waals surface area contributed by atoms with Crippen LogP contribution in [-0.2, 0) is 22.3 Å². The predicted molar refractivity (Wildman–Crippen MR) is 119 cm³/mol. The summed E-state index contributed by atoms with van der Waals surface area (Å²) in [5.41, 5.74) is -0.169. The van der Waals surface area contributed by atoms with Gasteiger partial charge in [0.05, 0.1) is 22.3 Å². The van der Waals surface area contributed by atoms with Gasteiger partial charge in [0.1, 0.15) is 18.9 Å². The molecule has 0 saturated carbocycles. The third-order valence-corrected chi connectivity index (χ3v) is 6.05. The molecule has 12 heteroatoms. The van der Waals surface area contributed by atoms with Gasteiger partial charge in [-0.2, -0.15) is 18.3 Å². The number of nitrogens with zero attached hydrogens (tertiary/aromatic N) is 4. The summed E-state index contributed by atoms with van der Waals surface area (Å²) in [6.45, 7) is 6.40. The lowest BCUT2D eigenvalue weighted by Crippen LogP contribution is -2.49. The minimum absolute atomic E-state index is 0.106. The summed E-state index contributed by atoms with van der Waals surface area (Å²) in [4.78, 5) is 16.4. The van der Waals surface area contributed by atoms with E-state index >= 15 is 0 Å². The van der Waals surface area contributed by atoms with Gasteiger partial charge in [-0.3, -0.25) is 9.48 Å². The molecule has 2 heterocycles. The fourth-order valence-electron chi connectivity index (χ4n) is 3.46. The summed E-state index contributed by atoms with van der Waals surface area (Å²) >= 11 is 12.0. The van der Waals surface area contributed by atoms with Crippen LogP contribution < -0.4 is 9.64 Å². The van der Waals surface area contributed by atoms with Crippen LogP contribution >= 0.6 is 23.2 Å². The SMILES string of the molecule is CCOCCOc1cc(N2CCN(C(=O)Cn3nc(C(F)(F)F)c(Cl)c3C)CC2)ccc1Cl. The van der Waals surface area contributed by atoms with Gasteiger partial charge in [-0.25, -0.2) is 0 Å². The Bertz CT molecular complexity index is 976. The molecule has 0 bridgehead atoms. The van der Waals surface area contributed by atoms with E-state index in [-0.39, 0.29) is 18.1 Å². The minimum atomic E-state index is -4.67. The lowest BCUT2D eigenvalue weighted by molar-refractivity contribution is -0.142. The van der Waals surface area contributed by atoms with Crippen LogP contribution in [0.5, 0.6) is 5.75 Å². The first-order chi connectivity index (χ1) is 15.6. The summed E-state index contributed by atoms with van der Waals surface area (Å²) in [6, 6.07) is 5.48. The number of amides is 1. The molecule has 0 aliphatic carbocycles. The second-order valence-corrected chi connectivity index (χ2v) is 8.22. The van der Waals surface area contributed by atoms with E-state index < -0.39 is 16.9 Å². The molecule has 1 saturated heterocycles. The molecule has 182 valence electrons. The molecular weight excluding hydrogens is 484 g/mol. The van der Waals surface area contributed by atoms with Gasteiger partial charge in [-0.1, -0.05) is 23.2 Å². The molecule has 0 N–H and O–H groups in total. The highest BCUT2D eigenvalue weighted by atomic mass is 35.5. The van der Waals surface area contributed by atoms with Crippen molar-refractivity contribution in [1.29, 1.82) is 0 Å². The van der Waals surface area contributed by atoms with E-state index in [0.717, 1.165) is 10.4 Å². The van der Waals surface area contributed by atoms with Gasteiger partial charge in [0.2, 0.25) is 5.91 Å². The highest BCUT2D eigenvalue weighted by molar-refractivity contribution is 6.32. The number of piperazine rings is 1. The zero-order valence-electron chi connectivity index (χ0n) is 18.3. The Balaban J connectivity index is 1.58. The summed E-state index contributed by atoms with van der Waals surface area (Å²) in [5.74, 6) is 0.237. The maximum atomic E-state index is 13.0. The normalized spacial score (nSPS) is 14.6. The number of carbonyl (C=O) groups excluding carboxylic acids is 1. The van der Waals surface area contributed by atoms with E-state index in [4.69, 9.17) is 32.7 Å². The topological polar surface area (TPSA) is 59.8 Å². The van der Waals surface area contributed by atoms with Gasteiger partial charge in [-0.05, 0) is 26.0 Å². The van der Waals surface area contributed by atoms with Crippen molar-refractivity contribution in [2.45, 2.75) is 26.6 Å². The Morgan fingerprint density at radius 2 is 1.85 bits per heavy atom. The maximum absolute atomic E-state index is 13.0. The molecule has 1 fully saturated rings. The molecule has 3 rings (SSSR count). The zero-order chi connectivity index (χ0) is 24.2. The number of anilines is 1. The summed E-state index contributed by atoms with van der Waals surface area (Å²) in [5, 5.41) is 3.51. The fourth-order valence-corrected chi connectivity index (χ4v) is 3.87. The molecule has 1 aromatic heterocycles. The molecule has 0 radical (unpaired) electrons. The van der Waals surface area contributed by atoms with Crippen LogP contribution in [0.1, 0.15) is 18.3 Å². The number of benzene rings is 1. The number of hydrogen-bond acceptors (Lipinski definition) is 5. The number of carbonyl (C=O) groups is 1. The smallest absolute Gasteiger partial charge is 0.436 e. The van der Waals surface area contributed by atoms with E-state index in [1.807, 2.05) is 19.1 Å². The van der Waals surface area contributed by atoms with Crippen LogP contribution in [0.3, 0.4) is 0 Å². The third-order valence-electron chi connectivity index (χ3n) is 5.29. The summed E-state index contributed by atoms with van der Waals surface area (Å²) in [6.07, 6.45) is -4.67. The van der Waals surface area contributed by atoms with Crippen molar-refractivity contribution < 1.29 is 27.4 Å². The average Bonchev–Trinajstić information content (AvgIpc) is 3.06. The number of alkyl halides is 3. The number of aromatic nitrogens is 2. The van der Waals surface area contributed by atoms with Crippen LogP contribution in [0.2, 0.25) is 10.0 Å². The highest BCUT2D eigenvalue weighted by Crippen LogP contribution is 2.35. The van der Waals surface area contributed by atoms with Crippen molar-refractivity contribution in [2.75, 3.05) is 50.9 Å². The molecular formula is C21H25Cl2F3N4O3. The van der Waals surface area contributed by atoms with Gasteiger partial charge in [0.25, 0.3) is 0 Å². The Kier molecular flexibility index (Phi) is 8.36. The van der Waals surface area contributed by atoms with Crippen molar-refractivity contribution in [3.8, 4) is 5.75 Å². The first-order valence-corrected chi connectivity index (χ1v) is 11.2. The first-order valence-electron chi connectivity index (χ1n) is 10.4. The van der Waals surface area contributed by atoms with E-state index in [0.29, 0.717) is 56.8 Å². The Morgan fingerprint density at radius 1 is 1.15 bits per heavy atom. The molecule has 33 heavy (non-hydrogen) atoms. The van der Waals surface area contributed by atoms with Gasteiger partial charge < -0.3 is 19.3 Å². The number of ether oxygens (including phenoxy) is 2. The first kappa shape index (κ1) is 25.5. The van der Waals surface area contributed by atoms with Crippen molar-refractivity contribution in [3.63, 3.8) is 0 Å². The summed E-state index contributed by atoms with van der Waals surface area (Å²) in [7, 11) is 0. The van der Waals surface area contributed by atoms with E-state index in [1.54, 1.807) is 11.0 Å². The third kappa shape index (κ3) is 6.24. The quantitative estimate of drug-likeness (QED) is 0.498. The van der Waals surface area contributed by atoms with E-state index in [9.17, 15) is 18.0 Å². The Hall–Kier alpha value is -2.17. The largest absolute Gasteiger partial charge is 0.490 e. The second-order valence-electron chi connectivity index (χ2n) is 7.43. The van der Waals surface area contributed by atoms with E-state index in [1.165, 1.54) is 6.92 Å².